The van der Waals surface area contributed by atoms with Crippen molar-refractivity contribution in [1.82, 2.24) is 14.9 Å². The average molecular weight is 281 g/mol. The molecule has 1 aliphatic rings. The van der Waals surface area contributed by atoms with Gasteiger partial charge in [0.1, 0.15) is 11.4 Å². The molecule has 0 saturated carbocycles. The van der Waals surface area contributed by atoms with E-state index in [4.69, 9.17) is 4.42 Å². The summed E-state index contributed by atoms with van der Waals surface area (Å²) in [6, 6.07) is 8.20. The van der Waals surface area contributed by atoms with Crippen LogP contribution in [0.25, 0.3) is 11.0 Å². The van der Waals surface area contributed by atoms with E-state index in [0.29, 0.717) is 5.92 Å². The Labute approximate surface area is 123 Å². The number of rotatable bonds is 4. The Hall–Kier alpha value is -2.07. The van der Waals surface area contributed by atoms with Crippen molar-refractivity contribution in [2.45, 2.75) is 25.9 Å². The van der Waals surface area contributed by atoms with Crippen LogP contribution in [-0.2, 0) is 19.5 Å². The number of nitrogens with one attached hydrogen (secondary N) is 1. The van der Waals surface area contributed by atoms with Crippen molar-refractivity contribution >= 4 is 11.0 Å². The molecule has 3 heterocycles. The van der Waals surface area contributed by atoms with Crippen LogP contribution in [0.1, 0.15) is 17.8 Å². The van der Waals surface area contributed by atoms with Gasteiger partial charge in [0.25, 0.3) is 0 Å². The van der Waals surface area contributed by atoms with Gasteiger partial charge >= 0.3 is 0 Å². The highest BCUT2D eigenvalue weighted by Crippen LogP contribution is 2.21. The van der Waals surface area contributed by atoms with E-state index in [1.54, 1.807) is 0 Å². The van der Waals surface area contributed by atoms with Crippen molar-refractivity contribution in [3.8, 4) is 0 Å². The Morgan fingerprint density at radius 3 is 3.29 bits per heavy atom. The van der Waals surface area contributed by atoms with Crippen LogP contribution in [0, 0.1) is 5.92 Å². The van der Waals surface area contributed by atoms with Crippen molar-refractivity contribution in [1.29, 1.82) is 0 Å². The summed E-state index contributed by atoms with van der Waals surface area (Å²) in [6.45, 7) is 2.98. The number of hydrogen-bond acceptors (Lipinski definition) is 3. The standard InChI is InChI=1S/C17H19N3O/c1-2-4-16-15(3-1)14(12-21-16)10-18-9-13-5-6-17-19-7-8-20(17)11-13/h1-4,7-8,12-13,18H,5-6,9-11H2. The Morgan fingerprint density at radius 1 is 1.33 bits per heavy atom. The van der Waals surface area contributed by atoms with Crippen LogP contribution in [0.4, 0.5) is 0 Å². The molecule has 4 heteroatoms. The molecule has 0 bridgehead atoms. The summed E-state index contributed by atoms with van der Waals surface area (Å²) in [5, 5.41) is 4.79. The molecule has 1 unspecified atom stereocenters. The molecule has 1 aromatic carbocycles. The zero-order valence-electron chi connectivity index (χ0n) is 12.0. The van der Waals surface area contributed by atoms with Crippen molar-refractivity contribution < 1.29 is 4.42 Å². The van der Waals surface area contributed by atoms with Crippen LogP contribution < -0.4 is 5.32 Å². The molecule has 2 aromatic heterocycles. The fraction of sp³-hybridized carbons (Fsp3) is 0.353. The van der Waals surface area contributed by atoms with Gasteiger partial charge in [-0.2, -0.15) is 0 Å². The molecule has 0 saturated heterocycles. The van der Waals surface area contributed by atoms with E-state index in [-0.39, 0.29) is 0 Å². The summed E-state index contributed by atoms with van der Waals surface area (Å²) in [4.78, 5) is 4.38. The summed E-state index contributed by atoms with van der Waals surface area (Å²) in [5.41, 5.74) is 2.21. The minimum atomic E-state index is 0.685. The molecule has 4 rings (SSSR count). The predicted molar refractivity (Wildman–Crippen MR) is 82.0 cm³/mol. The molecule has 0 aliphatic carbocycles. The van der Waals surface area contributed by atoms with Crippen molar-refractivity contribution in [2.24, 2.45) is 5.92 Å². The number of benzene rings is 1. The highest BCUT2D eigenvalue weighted by atomic mass is 16.3. The van der Waals surface area contributed by atoms with E-state index in [2.05, 4.69) is 33.2 Å². The van der Waals surface area contributed by atoms with Gasteiger partial charge in [0.05, 0.1) is 6.26 Å². The van der Waals surface area contributed by atoms with Gasteiger partial charge in [0, 0.05) is 42.9 Å². The Balaban J connectivity index is 1.36. The van der Waals surface area contributed by atoms with Crippen LogP contribution in [-0.4, -0.2) is 16.1 Å². The SMILES string of the molecule is c1ccc2c(CNCC3CCc4nccn4C3)coc2c1. The summed E-state index contributed by atoms with van der Waals surface area (Å²) in [5.74, 6) is 1.91. The first-order chi connectivity index (χ1) is 10.4. The number of fused-ring (bicyclic) bond motifs is 2. The van der Waals surface area contributed by atoms with Crippen molar-refractivity contribution in [3.63, 3.8) is 0 Å². The van der Waals surface area contributed by atoms with Gasteiger partial charge in [-0.25, -0.2) is 4.98 Å². The fourth-order valence-electron chi connectivity index (χ4n) is 3.18. The van der Waals surface area contributed by atoms with Crippen LogP contribution >= 0.6 is 0 Å². The smallest absolute Gasteiger partial charge is 0.134 e. The summed E-state index contributed by atoms with van der Waals surface area (Å²) in [7, 11) is 0. The minimum absolute atomic E-state index is 0.685. The van der Waals surface area contributed by atoms with Gasteiger partial charge in [0.15, 0.2) is 0 Å². The molecule has 0 amide bonds. The normalized spacial score (nSPS) is 18.0. The quantitative estimate of drug-likeness (QED) is 0.799. The Morgan fingerprint density at radius 2 is 2.29 bits per heavy atom. The zero-order chi connectivity index (χ0) is 14.1. The molecule has 21 heavy (non-hydrogen) atoms. The van der Waals surface area contributed by atoms with E-state index in [1.807, 2.05) is 24.6 Å². The number of imidazole rings is 1. The van der Waals surface area contributed by atoms with Gasteiger partial charge in [-0.1, -0.05) is 18.2 Å². The third-order valence-electron chi connectivity index (χ3n) is 4.34. The zero-order valence-corrected chi connectivity index (χ0v) is 12.0. The van der Waals surface area contributed by atoms with Crippen molar-refractivity contribution in [2.75, 3.05) is 6.54 Å². The molecule has 4 nitrogen and oxygen atoms in total. The molecular weight excluding hydrogens is 262 g/mol. The van der Waals surface area contributed by atoms with Gasteiger partial charge in [-0.3, -0.25) is 0 Å². The third-order valence-corrected chi connectivity index (χ3v) is 4.34. The maximum Gasteiger partial charge on any atom is 0.134 e. The van der Waals surface area contributed by atoms with Crippen LogP contribution in [0.3, 0.4) is 0 Å². The van der Waals surface area contributed by atoms with Gasteiger partial charge < -0.3 is 14.3 Å². The highest BCUT2D eigenvalue weighted by molar-refractivity contribution is 5.80. The number of aromatic nitrogens is 2. The first-order valence-electron chi connectivity index (χ1n) is 7.56. The molecule has 3 aromatic rings. The topological polar surface area (TPSA) is 43.0 Å². The molecule has 108 valence electrons. The second-order valence-corrected chi connectivity index (χ2v) is 5.79. The molecular formula is C17H19N3O. The first-order valence-corrected chi connectivity index (χ1v) is 7.56. The van der Waals surface area contributed by atoms with Crippen molar-refractivity contribution in [3.05, 3.63) is 54.3 Å². The van der Waals surface area contributed by atoms with Gasteiger partial charge in [0.2, 0.25) is 0 Å². The number of furan rings is 1. The van der Waals surface area contributed by atoms with E-state index in [9.17, 15) is 0 Å². The van der Waals surface area contributed by atoms with Crippen LogP contribution in [0.2, 0.25) is 0 Å². The van der Waals surface area contributed by atoms with E-state index >= 15 is 0 Å². The second-order valence-electron chi connectivity index (χ2n) is 5.79. The Bertz CT molecular complexity index is 743. The molecule has 1 N–H and O–H groups in total. The monoisotopic (exact) mass is 281 g/mol. The lowest BCUT2D eigenvalue weighted by atomic mass is 9.99. The number of aryl methyl sites for hydroxylation is 1. The second kappa shape index (κ2) is 5.37. The van der Waals surface area contributed by atoms with Crippen LogP contribution in [0.5, 0.6) is 0 Å². The maximum absolute atomic E-state index is 5.58. The molecule has 0 fully saturated rings. The summed E-state index contributed by atoms with van der Waals surface area (Å²) < 4.78 is 7.86. The highest BCUT2D eigenvalue weighted by Gasteiger charge is 2.18. The maximum atomic E-state index is 5.58. The largest absolute Gasteiger partial charge is 0.464 e. The van der Waals surface area contributed by atoms with E-state index in [1.165, 1.54) is 23.2 Å². The van der Waals surface area contributed by atoms with Gasteiger partial charge in [-0.15, -0.1) is 0 Å². The third kappa shape index (κ3) is 2.47. The minimum Gasteiger partial charge on any atom is -0.464 e. The number of para-hydroxylation sites is 1. The molecule has 1 aliphatic heterocycles. The predicted octanol–water partition coefficient (Wildman–Crippen LogP) is 2.98. The molecule has 1 atom stereocenters. The summed E-state index contributed by atoms with van der Waals surface area (Å²) in [6.07, 6.45) is 8.17. The molecule has 0 radical (unpaired) electrons. The number of nitrogens with zero attached hydrogens (tertiary/aromatic N) is 2. The summed E-state index contributed by atoms with van der Waals surface area (Å²) >= 11 is 0. The Kier molecular flexibility index (Phi) is 3.24. The van der Waals surface area contributed by atoms with E-state index < -0.39 is 0 Å². The lowest BCUT2D eigenvalue weighted by molar-refractivity contribution is 0.347. The first kappa shape index (κ1) is 12.7. The average Bonchev–Trinajstić information content (AvgIpc) is 3.14. The van der Waals surface area contributed by atoms with Crippen LogP contribution in [0.15, 0.2) is 47.3 Å². The van der Waals surface area contributed by atoms with E-state index in [0.717, 1.165) is 31.6 Å². The fourth-order valence-corrected chi connectivity index (χ4v) is 3.18. The molecule has 0 spiro atoms. The number of hydrogen-bond donors (Lipinski definition) is 1. The van der Waals surface area contributed by atoms with Gasteiger partial charge in [-0.05, 0) is 24.9 Å². The lowest BCUT2D eigenvalue weighted by Gasteiger charge is -2.23. The lowest BCUT2D eigenvalue weighted by Crippen LogP contribution is -2.29.